The molecule has 6 nitrogen and oxygen atoms in total. The molecule has 3 rings (SSSR count). The Bertz CT molecular complexity index is 961. The molecule has 0 spiro atoms. The van der Waals surface area contributed by atoms with Crippen molar-refractivity contribution >= 4 is 41.2 Å². The van der Waals surface area contributed by atoms with Crippen molar-refractivity contribution in [1.82, 2.24) is 14.9 Å². The molecule has 0 radical (unpaired) electrons. The minimum absolute atomic E-state index is 0.0209. The van der Waals surface area contributed by atoms with Gasteiger partial charge in [0, 0.05) is 12.0 Å². The predicted molar refractivity (Wildman–Crippen MR) is 104 cm³/mol. The smallest absolute Gasteiger partial charge is 0.211 e. The van der Waals surface area contributed by atoms with E-state index in [9.17, 15) is 10.2 Å². The van der Waals surface area contributed by atoms with E-state index < -0.39 is 0 Å². The number of phenols is 2. The van der Waals surface area contributed by atoms with Gasteiger partial charge in [0.2, 0.25) is 5.16 Å². The van der Waals surface area contributed by atoms with Gasteiger partial charge in [0.15, 0.2) is 11.6 Å². The molecule has 0 bridgehead atoms. The van der Waals surface area contributed by atoms with Gasteiger partial charge in [0.25, 0.3) is 0 Å². The van der Waals surface area contributed by atoms with Crippen LogP contribution in [0, 0.1) is 0 Å². The third-order valence-corrected chi connectivity index (χ3v) is 4.84. The second kappa shape index (κ2) is 7.99. The lowest BCUT2D eigenvalue weighted by Crippen LogP contribution is -2.01. The van der Waals surface area contributed by atoms with Gasteiger partial charge >= 0.3 is 0 Å². The first-order valence-electron chi connectivity index (χ1n) is 7.47. The summed E-state index contributed by atoms with van der Waals surface area (Å²) < 4.78 is 1.59. The molecule has 0 unspecified atom stereocenters. The zero-order chi connectivity index (χ0) is 18.7. The Morgan fingerprint density at radius 2 is 1.88 bits per heavy atom. The van der Waals surface area contributed by atoms with Crippen LogP contribution in [0.1, 0.15) is 17.0 Å². The van der Waals surface area contributed by atoms with Crippen LogP contribution in [-0.4, -0.2) is 37.6 Å². The second-order valence-corrected chi connectivity index (χ2v) is 6.84. The van der Waals surface area contributed by atoms with Crippen LogP contribution in [0.5, 0.6) is 11.5 Å². The fraction of sp³-hybridized carbons (Fsp3) is 0.118. The molecule has 0 aliphatic carbocycles. The summed E-state index contributed by atoms with van der Waals surface area (Å²) in [7, 11) is 0. The number of aromatic nitrogens is 3. The van der Waals surface area contributed by atoms with Gasteiger partial charge in [-0.15, -0.1) is 10.2 Å². The number of hydrogen-bond donors (Lipinski definition) is 2. The fourth-order valence-corrected chi connectivity index (χ4v) is 3.18. The maximum absolute atomic E-state index is 10.1. The van der Waals surface area contributed by atoms with E-state index in [1.54, 1.807) is 4.68 Å². The van der Waals surface area contributed by atoms with Gasteiger partial charge < -0.3 is 10.2 Å². The van der Waals surface area contributed by atoms with Gasteiger partial charge in [-0.25, -0.2) is 0 Å². The number of rotatable bonds is 5. The van der Waals surface area contributed by atoms with Crippen molar-refractivity contribution in [3.63, 3.8) is 0 Å². The maximum atomic E-state index is 10.1. The Hall–Kier alpha value is -2.22. The molecular formula is C17H14Cl2N4O2S. The monoisotopic (exact) mass is 408 g/mol. The summed E-state index contributed by atoms with van der Waals surface area (Å²) in [5, 5.41) is 32.8. The lowest BCUT2D eigenvalue weighted by molar-refractivity contribution is 0.450. The van der Waals surface area contributed by atoms with Crippen molar-refractivity contribution in [1.29, 1.82) is 0 Å². The van der Waals surface area contributed by atoms with E-state index in [-0.39, 0.29) is 27.1 Å². The maximum Gasteiger partial charge on any atom is 0.211 e. The zero-order valence-electron chi connectivity index (χ0n) is 13.6. The molecule has 0 atom stereocenters. The molecular weight excluding hydrogens is 395 g/mol. The summed E-state index contributed by atoms with van der Waals surface area (Å²) in [6.45, 7) is 0. The van der Waals surface area contributed by atoms with E-state index in [2.05, 4.69) is 15.3 Å². The van der Waals surface area contributed by atoms with Crippen molar-refractivity contribution in [2.24, 2.45) is 5.10 Å². The Morgan fingerprint density at radius 3 is 2.58 bits per heavy atom. The van der Waals surface area contributed by atoms with Gasteiger partial charge in [-0.3, -0.25) is 0 Å². The first-order chi connectivity index (χ1) is 12.5. The summed E-state index contributed by atoms with van der Waals surface area (Å²) >= 11 is 13.2. The van der Waals surface area contributed by atoms with Crippen LogP contribution in [0.15, 0.2) is 46.7 Å². The number of aromatic hydroxyl groups is 2. The number of phenolic OH excluding ortho intramolecular Hbond substituents is 2. The van der Waals surface area contributed by atoms with E-state index in [4.69, 9.17) is 23.2 Å². The summed E-state index contributed by atoms with van der Waals surface area (Å²) in [5.74, 6) is -0.0326. The van der Waals surface area contributed by atoms with Crippen LogP contribution in [0.4, 0.5) is 0 Å². The molecule has 0 aliphatic heterocycles. The minimum Gasteiger partial charge on any atom is -0.506 e. The second-order valence-electron chi connectivity index (χ2n) is 5.28. The molecule has 2 N–H and O–H groups in total. The van der Waals surface area contributed by atoms with Gasteiger partial charge in [0.05, 0.1) is 11.2 Å². The molecule has 2 aromatic carbocycles. The molecule has 134 valence electrons. The third-order valence-electron chi connectivity index (χ3n) is 3.57. The molecule has 1 aromatic heterocycles. The first-order valence-corrected chi connectivity index (χ1v) is 9.45. The van der Waals surface area contributed by atoms with Gasteiger partial charge in [-0.1, -0.05) is 65.3 Å². The van der Waals surface area contributed by atoms with Crippen LogP contribution in [-0.2, 0) is 6.42 Å². The average molecular weight is 409 g/mol. The summed E-state index contributed by atoms with van der Waals surface area (Å²) in [4.78, 5) is 0. The van der Waals surface area contributed by atoms with Crippen LogP contribution in [0.3, 0.4) is 0 Å². The van der Waals surface area contributed by atoms with Crippen molar-refractivity contribution in [2.45, 2.75) is 11.6 Å². The van der Waals surface area contributed by atoms with Crippen LogP contribution >= 0.6 is 35.0 Å². The summed E-state index contributed by atoms with van der Waals surface area (Å²) in [6, 6.07) is 11.2. The summed E-state index contributed by atoms with van der Waals surface area (Å²) in [5.41, 5.74) is 1.34. The number of halogens is 2. The lowest BCUT2D eigenvalue weighted by atomic mass is 10.1. The number of thioether (sulfide) groups is 1. The predicted octanol–water partition coefficient (Wildman–Crippen LogP) is 4.19. The van der Waals surface area contributed by atoms with Crippen LogP contribution < -0.4 is 0 Å². The number of benzene rings is 2. The van der Waals surface area contributed by atoms with Crippen molar-refractivity contribution in [3.05, 3.63) is 63.4 Å². The van der Waals surface area contributed by atoms with E-state index in [1.807, 2.05) is 36.6 Å². The summed E-state index contributed by atoms with van der Waals surface area (Å²) in [6.07, 6.45) is 3.81. The molecule has 3 aromatic rings. The molecule has 26 heavy (non-hydrogen) atoms. The Morgan fingerprint density at radius 1 is 1.15 bits per heavy atom. The van der Waals surface area contributed by atoms with Crippen molar-refractivity contribution in [2.75, 3.05) is 6.26 Å². The highest BCUT2D eigenvalue weighted by molar-refractivity contribution is 7.98. The number of nitrogens with zero attached hydrogens (tertiary/aromatic N) is 4. The standard InChI is InChI=1S/C17H14Cl2N4O2S/c1-26-17-22-21-13(7-10-5-3-2-4-6-10)23(17)20-9-11-8-12(18)16(25)14(19)15(11)24/h2-6,8-9,24-25H,7H2,1H3/b20-9-. The fourth-order valence-electron chi connectivity index (χ4n) is 2.26. The molecule has 9 heteroatoms. The van der Waals surface area contributed by atoms with Gasteiger partial charge in [-0.2, -0.15) is 9.78 Å². The molecule has 1 heterocycles. The van der Waals surface area contributed by atoms with Crippen LogP contribution in [0.25, 0.3) is 0 Å². The minimum atomic E-state index is -0.373. The topological polar surface area (TPSA) is 83.5 Å². The van der Waals surface area contributed by atoms with Crippen LogP contribution in [0.2, 0.25) is 10.0 Å². The molecule has 0 saturated carbocycles. The van der Waals surface area contributed by atoms with Crippen molar-refractivity contribution < 1.29 is 10.2 Å². The molecule has 0 fully saturated rings. The molecule has 0 amide bonds. The van der Waals surface area contributed by atoms with Crippen molar-refractivity contribution in [3.8, 4) is 11.5 Å². The highest BCUT2D eigenvalue weighted by Gasteiger charge is 2.15. The Balaban J connectivity index is 1.97. The van der Waals surface area contributed by atoms with E-state index in [0.29, 0.717) is 17.4 Å². The highest BCUT2D eigenvalue weighted by atomic mass is 35.5. The number of hydrogen-bond acceptors (Lipinski definition) is 6. The average Bonchev–Trinajstić information content (AvgIpc) is 3.04. The normalized spacial score (nSPS) is 11.3. The van der Waals surface area contributed by atoms with Gasteiger partial charge in [0.1, 0.15) is 10.8 Å². The third kappa shape index (κ3) is 3.80. The van der Waals surface area contributed by atoms with E-state index >= 15 is 0 Å². The largest absolute Gasteiger partial charge is 0.506 e. The van der Waals surface area contributed by atoms with E-state index in [1.165, 1.54) is 24.0 Å². The SMILES string of the molecule is CSc1nnc(Cc2ccccc2)n1/N=C\c1cc(Cl)c(O)c(Cl)c1O. The van der Waals surface area contributed by atoms with Gasteiger partial charge in [-0.05, 0) is 17.9 Å². The quantitative estimate of drug-likeness (QED) is 0.488. The highest BCUT2D eigenvalue weighted by Crippen LogP contribution is 2.40. The Labute approximate surface area is 164 Å². The first kappa shape index (κ1) is 18.6. The molecule has 0 saturated heterocycles. The zero-order valence-corrected chi connectivity index (χ0v) is 15.9. The lowest BCUT2D eigenvalue weighted by Gasteiger charge is -2.07. The van der Waals surface area contributed by atoms with E-state index in [0.717, 1.165) is 5.56 Å². The molecule has 0 aliphatic rings. The Kier molecular flexibility index (Phi) is 5.70.